The lowest BCUT2D eigenvalue weighted by molar-refractivity contribution is 0.0938. The zero-order chi connectivity index (χ0) is 12.5. The predicted octanol–water partition coefficient (Wildman–Crippen LogP) is 2.78. The molecule has 2 aromatic rings. The molecule has 0 fully saturated rings. The van der Waals surface area contributed by atoms with Gasteiger partial charge >= 0.3 is 0 Å². The zero-order valence-corrected chi connectivity index (χ0v) is 10.5. The lowest BCUT2D eigenvalue weighted by Gasteiger charge is -2.12. The third-order valence-corrected chi connectivity index (χ3v) is 4.16. The van der Waals surface area contributed by atoms with Gasteiger partial charge < -0.3 is 5.32 Å². The van der Waals surface area contributed by atoms with E-state index in [1.54, 1.807) is 11.3 Å². The zero-order valence-electron chi connectivity index (χ0n) is 9.65. The summed E-state index contributed by atoms with van der Waals surface area (Å²) in [6, 6.07) is 7.92. The average molecular weight is 261 g/mol. The standard InChI is InChI=1S/C14H12FNOS/c15-11-3-1-9(2-4-11)14(17)16-12-7-10-5-6-18-13(10)8-12/h1-6,12H,7-8H2,(H,16,17). The number of halogens is 1. The normalized spacial score (nSPS) is 17.5. The van der Waals surface area contributed by atoms with Gasteiger partial charge in [-0.2, -0.15) is 0 Å². The molecular weight excluding hydrogens is 249 g/mol. The Labute approximate surface area is 108 Å². The summed E-state index contributed by atoms with van der Waals surface area (Å²) in [5.74, 6) is -0.454. The third-order valence-electron chi connectivity index (χ3n) is 3.18. The molecule has 0 saturated carbocycles. The first-order chi connectivity index (χ1) is 8.72. The van der Waals surface area contributed by atoms with Crippen molar-refractivity contribution in [3.63, 3.8) is 0 Å². The van der Waals surface area contributed by atoms with Crippen molar-refractivity contribution >= 4 is 17.2 Å². The van der Waals surface area contributed by atoms with Crippen molar-refractivity contribution in [2.24, 2.45) is 0 Å². The van der Waals surface area contributed by atoms with E-state index in [-0.39, 0.29) is 17.8 Å². The maximum Gasteiger partial charge on any atom is 0.251 e. The highest BCUT2D eigenvalue weighted by atomic mass is 32.1. The smallest absolute Gasteiger partial charge is 0.251 e. The molecule has 2 nitrogen and oxygen atoms in total. The van der Waals surface area contributed by atoms with E-state index in [1.807, 2.05) is 0 Å². The summed E-state index contributed by atoms with van der Waals surface area (Å²) in [6.07, 6.45) is 1.80. The van der Waals surface area contributed by atoms with E-state index in [0.717, 1.165) is 12.8 Å². The Bertz CT molecular complexity index is 555. The molecule has 1 N–H and O–H groups in total. The molecule has 1 atom stereocenters. The average Bonchev–Trinajstić information content (AvgIpc) is 2.90. The van der Waals surface area contributed by atoms with E-state index in [0.29, 0.717) is 5.56 Å². The molecule has 1 aromatic heterocycles. The van der Waals surface area contributed by atoms with Gasteiger partial charge in [0.2, 0.25) is 0 Å². The van der Waals surface area contributed by atoms with E-state index in [4.69, 9.17) is 0 Å². The van der Waals surface area contributed by atoms with Gasteiger partial charge in [0.25, 0.3) is 5.91 Å². The molecule has 0 radical (unpaired) electrons. The molecule has 0 saturated heterocycles. The molecule has 92 valence electrons. The van der Waals surface area contributed by atoms with Crippen LogP contribution in [-0.4, -0.2) is 11.9 Å². The molecule has 0 spiro atoms. The first-order valence-electron chi connectivity index (χ1n) is 5.84. The van der Waals surface area contributed by atoms with E-state index in [1.165, 1.54) is 34.7 Å². The van der Waals surface area contributed by atoms with Gasteiger partial charge in [-0.15, -0.1) is 11.3 Å². The van der Waals surface area contributed by atoms with Gasteiger partial charge in [0.1, 0.15) is 5.82 Å². The van der Waals surface area contributed by atoms with Crippen molar-refractivity contribution in [3.05, 3.63) is 57.5 Å². The van der Waals surface area contributed by atoms with Gasteiger partial charge in [-0.05, 0) is 47.7 Å². The second-order valence-electron chi connectivity index (χ2n) is 4.45. The number of carbonyl (C=O) groups is 1. The predicted molar refractivity (Wildman–Crippen MR) is 69.4 cm³/mol. The van der Waals surface area contributed by atoms with Crippen LogP contribution in [0.4, 0.5) is 4.39 Å². The fourth-order valence-electron chi connectivity index (χ4n) is 2.26. The summed E-state index contributed by atoms with van der Waals surface area (Å²) in [5.41, 5.74) is 1.84. The summed E-state index contributed by atoms with van der Waals surface area (Å²) >= 11 is 1.74. The van der Waals surface area contributed by atoms with Crippen LogP contribution in [0.2, 0.25) is 0 Å². The Hall–Kier alpha value is -1.68. The number of rotatable bonds is 2. The molecule has 3 rings (SSSR count). The molecule has 0 bridgehead atoms. The summed E-state index contributed by atoms with van der Waals surface area (Å²) < 4.78 is 12.8. The molecule has 1 heterocycles. The van der Waals surface area contributed by atoms with E-state index >= 15 is 0 Å². The molecular formula is C14H12FNOS. The number of benzene rings is 1. The minimum absolute atomic E-state index is 0.129. The van der Waals surface area contributed by atoms with Crippen LogP contribution in [0.1, 0.15) is 20.8 Å². The summed E-state index contributed by atoms with van der Waals surface area (Å²) in [7, 11) is 0. The van der Waals surface area contributed by atoms with E-state index in [9.17, 15) is 9.18 Å². The number of thiophene rings is 1. The first-order valence-corrected chi connectivity index (χ1v) is 6.72. The highest BCUT2D eigenvalue weighted by Crippen LogP contribution is 2.27. The molecule has 1 aliphatic carbocycles. The minimum Gasteiger partial charge on any atom is -0.349 e. The molecule has 1 unspecified atom stereocenters. The highest BCUT2D eigenvalue weighted by molar-refractivity contribution is 7.10. The Kier molecular flexibility index (Phi) is 2.88. The van der Waals surface area contributed by atoms with Crippen molar-refractivity contribution in [1.82, 2.24) is 5.32 Å². The monoisotopic (exact) mass is 261 g/mol. The third kappa shape index (κ3) is 2.16. The number of fused-ring (bicyclic) bond motifs is 1. The molecule has 1 aliphatic rings. The summed E-state index contributed by atoms with van der Waals surface area (Å²) in [5, 5.41) is 5.08. The van der Waals surface area contributed by atoms with Crippen molar-refractivity contribution < 1.29 is 9.18 Å². The van der Waals surface area contributed by atoms with Gasteiger partial charge in [0.15, 0.2) is 0 Å². The van der Waals surface area contributed by atoms with Crippen LogP contribution in [0.3, 0.4) is 0 Å². The van der Waals surface area contributed by atoms with Gasteiger partial charge in [0, 0.05) is 22.9 Å². The lowest BCUT2D eigenvalue weighted by atomic mass is 10.1. The summed E-state index contributed by atoms with van der Waals surface area (Å²) in [6.45, 7) is 0. The lowest BCUT2D eigenvalue weighted by Crippen LogP contribution is -2.35. The van der Waals surface area contributed by atoms with Crippen molar-refractivity contribution in [1.29, 1.82) is 0 Å². The van der Waals surface area contributed by atoms with Crippen LogP contribution in [-0.2, 0) is 12.8 Å². The van der Waals surface area contributed by atoms with Crippen LogP contribution >= 0.6 is 11.3 Å². The molecule has 18 heavy (non-hydrogen) atoms. The molecule has 1 amide bonds. The Balaban J connectivity index is 1.66. The second kappa shape index (κ2) is 4.53. The van der Waals surface area contributed by atoms with Crippen molar-refractivity contribution in [2.45, 2.75) is 18.9 Å². The van der Waals surface area contributed by atoms with Crippen molar-refractivity contribution in [3.8, 4) is 0 Å². The maximum absolute atomic E-state index is 12.8. The second-order valence-corrected chi connectivity index (χ2v) is 5.46. The number of hydrogen-bond acceptors (Lipinski definition) is 2. The van der Waals surface area contributed by atoms with Gasteiger partial charge in [0.05, 0.1) is 0 Å². The first kappa shape index (κ1) is 11.4. The number of amides is 1. The number of carbonyl (C=O) groups excluding carboxylic acids is 1. The SMILES string of the molecule is O=C(NC1Cc2ccsc2C1)c1ccc(F)cc1. The quantitative estimate of drug-likeness (QED) is 0.885. The van der Waals surface area contributed by atoms with Gasteiger partial charge in [-0.3, -0.25) is 4.79 Å². The largest absolute Gasteiger partial charge is 0.349 e. The van der Waals surface area contributed by atoms with Crippen LogP contribution < -0.4 is 5.32 Å². The van der Waals surface area contributed by atoms with Crippen LogP contribution in [0.5, 0.6) is 0 Å². The van der Waals surface area contributed by atoms with Crippen LogP contribution in [0.15, 0.2) is 35.7 Å². The number of nitrogens with one attached hydrogen (secondary N) is 1. The van der Waals surface area contributed by atoms with E-state index in [2.05, 4.69) is 16.8 Å². The van der Waals surface area contributed by atoms with Gasteiger partial charge in [-0.1, -0.05) is 0 Å². The molecule has 1 aromatic carbocycles. The highest BCUT2D eigenvalue weighted by Gasteiger charge is 2.24. The van der Waals surface area contributed by atoms with Crippen LogP contribution in [0, 0.1) is 5.82 Å². The molecule has 4 heteroatoms. The maximum atomic E-state index is 12.8. The van der Waals surface area contributed by atoms with Crippen molar-refractivity contribution in [2.75, 3.05) is 0 Å². The minimum atomic E-state index is -0.324. The topological polar surface area (TPSA) is 29.1 Å². The Morgan fingerprint density at radius 2 is 2.00 bits per heavy atom. The Morgan fingerprint density at radius 3 is 2.72 bits per heavy atom. The van der Waals surface area contributed by atoms with Gasteiger partial charge in [-0.25, -0.2) is 4.39 Å². The molecule has 0 aliphatic heterocycles. The fourth-order valence-corrected chi connectivity index (χ4v) is 3.26. The fraction of sp³-hybridized carbons (Fsp3) is 0.214. The number of hydrogen-bond donors (Lipinski definition) is 1. The van der Waals surface area contributed by atoms with Crippen LogP contribution in [0.25, 0.3) is 0 Å². The Morgan fingerprint density at radius 1 is 1.22 bits per heavy atom. The summed E-state index contributed by atoms with van der Waals surface area (Å²) in [4.78, 5) is 13.3. The van der Waals surface area contributed by atoms with E-state index < -0.39 is 0 Å².